The molecule has 98 valence electrons. The van der Waals surface area contributed by atoms with E-state index in [2.05, 4.69) is 25.0 Å². The van der Waals surface area contributed by atoms with E-state index in [4.69, 9.17) is 17.3 Å². The highest BCUT2D eigenvalue weighted by Gasteiger charge is 2.11. The summed E-state index contributed by atoms with van der Waals surface area (Å²) < 4.78 is 2.03. The summed E-state index contributed by atoms with van der Waals surface area (Å²) in [6, 6.07) is 2.09. The summed E-state index contributed by atoms with van der Waals surface area (Å²) in [5, 5.41) is 4.44. The lowest BCUT2D eigenvalue weighted by Crippen LogP contribution is -2.12. The van der Waals surface area contributed by atoms with Gasteiger partial charge in [-0.1, -0.05) is 31.6 Å². The Kier molecular flexibility index (Phi) is 5.84. The largest absolute Gasteiger partial charge is 0.302 e. The molecule has 0 radical (unpaired) electrons. The minimum absolute atomic E-state index is 0.875. The van der Waals surface area contributed by atoms with Gasteiger partial charge in [0.05, 0.1) is 5.69 Å². The molecule has 1 aromatic heterocycles. The van der Waals surface area contributed by atoms with Gasteiger partial charge in [-0.3, -0.25) is 4.68 Å². The Balaban J connectivity index is 2.43. The molecule has 1 heterocycles. The Labute approximate surface area is 110 Å². The number of hydrogen-bond acceptors (Lipinski definition) is 2. The van der Waals surface area contributed by atoms with Crippen LogP contribution in [0.15, 0.2) is 6.07 Å². The van der Waals surface area contributed by atoms with Crippen molar-refractivity contribution in [3.63, 3.8) is 0 Å². The van der Waals surface area contributed by atoms with Crippen LogP contribution in [-0.4, -0.2) is 22.1 Å². The van der Waals surface area contributed by atoms with Crippen molar-refractivity contribution in [2.24, 2.45) is 5.50 Å². The number of hydrogen-bond donors (Lipinski definition) is 1. The van der Waals surface area contributed by atoms with Crippen LogP contribution in [0.1, 0.15) is 37.6 Å². The average Bonchev–Trinajstić information content (AvgIpc) is 2.55. The Morgan fingerprint density at radius 2 is 2.06 bits per heavy atom. The van der Waals surface area contributed by atoms with Crippen molar-refractivity contribution in [3.8, 4) is 0 Å². The second-order valence-corrected chi connectivity index (χ2v) is 9.74. The third-order valence-electron chi connectivity index (χ3n) is 2.93. The Morgan fingerprint density at radius 1 is 1.35 bits per heavy atom. The average molecular weight is 273 g/mol. The van der Waals surface area contributed by atoms with Crippen molar-refractivity contribution in [1.29, 1.82) is 0 Å². The Hall–Kier alpha value is -0.180. The lowest BCUT2D eigenvalue weighted by Gasteiger charge is -2.16. The molecule has 0 amide bonds. The maximum Gasteiger partial charge on any atom is 0.0596 e. The summed E-state index contributed by atoms with van der Waals surface area (Å²) in [6.45, 7) is 7.18. The zero-order valence-electron chi connectivity index (χ0n) is 11.1. The molecule has 0 saturated heterocycles. The number of aromatic nitrogens is 2. The van der Waals surface area contributed by atoms with E-state index in [1.54, 1.807) is 0 Å². The van der Waals surface area contributed by atoms with Gasteiger partial charge in [0, 0.05) is 24.6 Å². The van der Waals surface area contributed by atoms with E-state index in [1.807, 2.05) is 11.6 Å². The Bertz CT molecular complexity index is 400. The lowest BCUT2D eigenvalue weighted by molar-refractivity contribution is 0.637. The second kappa shape index (κ2) is 6.67. The first-order valence-electron chi connectivity index (χ1n) is 6.32. The molecule has 0 aromatic carbocycles. The molecule has 1 atom stereocenters. The molecule has 0 aliphatic carbocycles. The number of rotatable bonds is 7. The summed E-state index contributed by atoms with van der Waals surface area (Å²) in [4.78, 5) is 0. The van der Waals surface area contributed by atoms with Crippen LogP contribution in [0.2, 0.25) is 0 Å². The van der Waals surface area contributed by atoms with Crippen LogP contribution in [0.5, 0.6) is 0 Å². The van der Waals surface area contributed by atoms with Gasteiger partial charge < -0.3 is 5.50 Å². The summed E-state index contributed by atoms with van der Waals surface area (Å²) in [5.41, 5.74) is 8.52. The van der Waals surface area contributed by atoms with Crippen LogP contribution in [0.4, 0.5) is 0 Å². The van der Waals surface area contributed by atoms with Gasteiger partial charge in [-0.05, 0) is 32.5 Å². The first-order chi connectivity index (χ1) is 7.94. The minimum Gasteiger partial charge on any atom is -0.302 e. The van der Waals surface area contributed by atoms with Gasteiger partial charge in [0.25, 0.3) is 0 Å². The molecule has 0 spiro atoms. The van der Waals surface area contributed by atoms with Crippen molar-refractivity contribution >= 4 is 18.0 Å². The van der Waals surface area contributed by atoms with Crippen LogP contribution in [0.25, 0.3) is 0 Å². The Morgan fingerprint density at radius 3 is 2.59 bits per heavy atom. The first kappa shape index (κ1) is 14.9. The van der Waals surface area contributed by atoms with E-state index in [0.29, 0.717) is 0 Å². The molecule has 0 aliphatic heterocycles. The standard InChI is InChI=1S/C12H24N3PS/c1-4-5-6-8-16(13,17)9-7-15-12(3)10-11(2)14-15/h10H,4-9H2,1-3H3,(H2,13,17). The zero-order valence-corrected chi connectivity index (χ0v) is 12.9. The molecular formula is C12H24N3PS. The van der Waals surface area contributed by atoms with Gasteiger partial charge in [-0.15, -0.1) is 0 Å². The van der Waals surface area contributed by atoms with Crippen molar-refractivity contribution < 1.29 is 0 Å². The molecule has 0 aliphatic rings. The highest BCUT2D eigenvalue weighted by molar-refractivity contribution is 8.13. The number of unbranched alkanes of at least 4 members (excludes halogenated alkanes) is 2. The third-order valence-corrected chi connectivity index (χ3v) is 6.06. The maximum absolute atomic E-state index is 6.25. The molecule has 0 fully saturated rings. The fraction of sp³-hybridized carbons (Fsp3) is 0.750. The first-order valence-corrected chi connectivity index (χ1v) is 9.56. The van der Waals surface area contributed by atoms with Crippen LogP contribution >= 0.6 is 6.19 Å². The molecule has 1 unspecified atom stereocenters. The molecule has 0 saturated carbocycles. The van der Waals surface area contributed by atoms with Gasteiger partial charge >= 0.3 is 0 Å². The van der Waals surface area contributed by atoms with Crippen LogP contribution in [0.3, 0.4) is 0 Å². The predicted octanol–water partition coefficient (Wildman–Crippen LogP) is 3.04. The topological polar surface area (TPSA) is 43.8 Å². The van der Waals surface area contributed by atoms with Crippen LogP contribution in [0, 0.1) is 13.8 Å². The molecule has 17 heavy (non-hydrogen) atoms. The van der Waals surface area contributed by atoms with Gasteiger partial charge in [0.1, 0.15) is 0 Å². The SMILES string of the molecule is CCCCCP(N)(=S)CCn1nc(C)cc1C. The number of aryl methyl sites for hydroxylation is 3. The van der Waals surface area contributed by atoms with Crippen molar-refractivity contribution in [2.75, 3.05) is 12.3 Å². The minimum atomic E-state index is -1.63. The van der Waals surface area contributed by atoms with Crippen molar-refractivity contribution in [1.82, 2.24) is 9.78 Å². The summed E-state index contributed by atoms with van der Waals surface area (Å²) in [5.74, 6) is 0. The molecule has 1 aromatic rings. The highest BCUT2D eigenvalue weighted by atomic mass is 32.4. The quantitative estimate of drug-likeness (QED) is 0.613. The van der Waals surface area contributed by atoms with Gasteiger partial charge in [0.2, 0.25) is 0 Å². The van der Waals surface area contributed by atoms with Crippen LogP contribution < -0.4 is 5.50 Å². The summed E-state index contributed by atoms with van der Waals surface area (Å²) in [7, 11) is 0. The third kappa shape index (κ3) is 5.33. The molecule has 3 nitrogen and oxygen atoms in total. The molecule has 0 bridgehead atoms. The van der Waals surface area contributed by atoms with Gasteiger partial charge in [0.15, 0.2) is 0 Å². The van der Waals surface area contributed by atoms with Crippen LogP contribution in [-0.2, 0) is 18.4 Å². The summed E-state index contributed by atoms with van der Waals surface area (Å²) in [6.07, 6.45) is 3.99. The highest BCUT2D eigenvalue weighted by Crippen LogP contribution is 2.37. The fourth-order valence-corrected chi connectivity index (χ4v) is 4.05. The second-order valence-electron chi connectivity index (χ2n) is 4.76. The smallest absolute Gasteiger partial charge is 0.0596 e. The van der Waals surface area contributed by atoms with E-state index < -0.39 is 6.19 Å². The van der Waals surface area contributed by atoms with Crippen molar-refractivity contribution in [3.05, 3.63) is 17.5 Å². The van der Waals surface area contributed by atoms with Gasteiger partial charge in [-0.25, -0.2) is 0 Å². The maximum atomic E-state index is 6.25. The number of nitrogens with two attached hydrogens (primary N) is 1. The van der Waals surface area contributed by atoms with E-state index in [-0.39, 0.29) is 0 Å². The fourth-order valence-electron chi connectivity index (χ4n) is 1.91. The monoisotopic (exact) mass is 273 g/mol. The molecular weight excluding hydrogens is 249 g/mol. The predicted molar refractivity (Wildman–Crippen MR) is 79.4 cm³/mol. The molecule has 1 rings (SSSR count). The normalized spacial score (nSPS) is 14.8. The summed E-state index contributed by atoms with van der Waals surface area (Å²) >= 11 is 5.55. The van der Waals surface area contributed by atoms with Gasteiger partial charge in [-0.2, -0.15) is 5.10 Å². The molecule has 2 N–H and O–H groups in total. The van der Waals surface area contributed by atoms with Crippen molar-refractivity contribution in [2.45, 2.75) is 46.6 Å². The zero-order chi connectivity index (χ0) is 12.9. The van der Waals surface area contributed by atoms with E-state index in [0.717, 1.165) is 24.6 Å². The molecule has 5 heteroatoms. The lowest BCUT2D eigenvalue weighted by atomic mass is 10.3. The van der Waals surface area contributed by atoms with E-state index >= 15 is 0 Å². The number of nitrogens with zero attached hydrogens (tertiary/aromatic N) is 2. The van der Waals surface area contributed by atoms with E-state index in [9.17, 15) is 0 Å². The van der Waals surface area contributed by atoms with E-state index in [1.165, 1.54) is 25.0 Å².